The number of nitrogens with two attached hydrogens (primary N) is 1. The normalized spacial score (nSPS) is 19.6. The summed E-state index contributed by atoms with van der Waals surface area (Å²) in [4.78, 5) is 8.48. The lowest BCUT2D eigenvalue weighted by Crippen LogP contribution is -2.39. The summed E-state index contributed by atoms with van der Waals surface area (Å²) in [5.41, 5.74) is 6.21. The molecule has 2 N–H and O–H groups in total. The molecule has 0 amide bonds. The van der Waals surface area contributed by atoms with Crippen molar-refractivity contribution in [3.63, 3.8) is 0 Å². The molecule has 1 aromatic heterocycles. The maximum Gasteiger partial charge on any atom is 0.107 e. The van der Waals surface area contributed by atoms with Gasteiger partial charge in [-0.1, -0.05) is 20.8 Å². The van der Waals surface area contributed by atoms with Crippen LogP contribution in [0.15, 0.2) is 6.20 Å². The molecule has 0 spiro atoms. The number of halogens is 1. The monoisotopic (exact) mass is 317 g/mol. The fraction of sp³-hybridized carbons (Fsp3) is 0.800. The molecule has 20 heavy (non-hydrogen) atoms. The summed E-state index contributed by atoms with van der Waals surface area (Å²) in [7, 11) is 0. The zero-order valence-corrected chi connectivity index (χ0v) is 14.7. The van der Waals surface area contributed by atoms with Gasteiger partial charge < -0.3 is 5.73 Å². The number of hydrogen-bond donors (Lipinski definition) is 1. The standard InChI is InChI=1S/C15H27N3S.ClH/c1-11(16)12-5-7-18(8-6-12)10-14-17-9-13(19-14)15(2,3)4;/h9,11-12H,5-8,10,16H2,1-4H3;1H. The van der Waals surface area contributed by atoms with E-state index in [2.05, 4.69) is 43.8 Å². The minimum absolute atomic E-state index is 0. The minimum atomic E-state index is 0. The molecule has 1 fully saturated rings. The quantitative estimate of drug-likeness (QED) is 0.928. The lowest BCUT2D eigenvalue weighted by Gasteiger charge is -2.33. The molecule has 0 radical (unpaired) electrons. The van der Waals surface area contributed by atoms with Gasteiger partial charge >= 0.3 is 0 Å². The summed E-state index contributed by atoms with van der Waals surface area (Å²) in [6, 6.07) is 0.342. The molecule has 0 bridgehead atoms. The topological polar surface area (TPSA) is 42.1 Å². The summed E-state index contributed by atoms with van der Waals surface area (Å²) >= 11 is 1.86. The maximum atomic E-state index is 5.99. The largest absolute Gasteiger partial charge is 0.328 e. The van der Waals surface area contributed by atoms with Gasteiger partial charge in [0.15, 0.2) is 0 Å². The highest BCUT2D eigenvalue weighted by molar-refractivity contribution is 7.11. The highest BCUT2D eigenvalue weighted by Gasteiger charge is 2.23. The van der Waals surface area contributed by atoms with Crippen molar-refractivity contribution in [2.45, 2.75) is 58.5 Å². The van der Waals surface area contributed by atoms with Crippen LogP contribution < -0.4 is 5.73 Å². The molecule has 1 unspecified atom stereocenters. The van der Waals surface area contributed by atoms with E-state index in [4.69, 9.17) is 5.73 Å². The summed E-state index contributed by atoms with van der Waals surface area (Å²) in [6.45, 7) is 12.2. The van der Waals surface area contributed by atoms with E-state index in [0.29, 0.717) is 12.0 Å². The molecule has 1 aromatic rings. The summed E-state index contributed by atoms with van der Waals surface area (Å²) in [5.74, 6) is 0.706. The third-order valence-corrected chi connectivity index (χ3v) is 5.44. The third-order valence-electron chi connectivity index (χ3n) is 4.03. The molecule has 0 aliphatic carbocycles. The predicted molar refractivity (Wildman–Crippen MR) is 89.7 cm³/mol. The second kappa shape index (κ2) is 7.21. The van der Waals surface area contributed by atoms with E-state index in [0.717, 1.165) is 19.6 Å². The highest BCUT2D eigenvalue weighted by Crippen LogP contribution is 2.29. The Kier molecular flexibility index (Phi) is 6.45. The Morgan fingerprint density at radius 2 is 2.00 bits per heavy atom. The molecule has 1 aliphatic rings. The molecule has 1 saturated heterocycles. The molecule has 0 saturated carbocycles. The van der Waals surface area contributed by atoms with Crippen LogP contribution in [0.2, 0.25) is 0 Å². The van der Waals surface area contributed by atoms with E-state index in [9.17, 15) is 0 Å². The number of aromatic nitrogens is 1. The van der Waals surface area contributed by atoms with Gasteiger partial charge in [-0.2, -0.15) is 0 Å². The van der Waals surface area contributed by atoms with Crippen molar-refractivity contribution in [3.05, 3.63) is 16.1 Å². The van der Waals surface area contributed by atoms with Gasteiger partial charge in [-0.3, -0.25) is 4.90 Å². The van der Waals surface area contributed by atoms with Gasteiger partial charge in [0.2, 0.25) is 0 Å². The second-order valence-electron chi connectivity index (χ2n) is 6.84. The van der Waals surface area contributed by atoms with E-state index in [1.807, 2.05) is 11.3 Å². The van der Waals surface area contributed by atoms with Crippen LogP contribution in [0.25, 0.3) is 0 Å². The number of piperidine rings is 1. The van der Waals surface area contributed by atoms with E-state index in [1.54, 1.807) is 0 Å². The molecule has 5 heteroatoms. The zero-order valence-electron chi connectivity index (χ0n) is 13.1. The van der Waals surface area contributed by atoms with E-state index < -0.39 is 0 Å². The van der Waals surface area contributed by atoms with Crippen molar-refractivity contribution in [1.82, 2.24) is 9.88 Å². The van der Waals surface area contributed by atoms with E-state index in [-0.39, 0.29) is 17.8 Å². The Bertz CT molecular complexity index is 403. The smallest absolute Gasteiger partial charge is 0.107 e. The van der Waals surface area contributed by atoms with Crippen molar-refractivity contribution in [2.24, 2.45) is 11.7 Å². The Morgan fingerprint density at radius 1 is 1.40 bits per heavy atom. The number of hydrogen-bond acceptors (Lipinski definition) is 4. The van der Waals surface area contributed by atoms with Gasteiger partial charge in [0.05, 0.1) is 6.54 Å². The van der Waals surface area contributed by atoms with Crippen LogP contribution in [-0.4, -0.2) is 29.0 Å². The molecule has 3 nitrogen and oxygen atoms in total. The first kappa shape index (κ1) is 17.9. The number of likely N-dealkylation sites (tertiary alicyclic amines) is 1. The van der Waals surface area contributed by atoms with Crippen molar-refractivity contribution in [2.75, 3.05) is 13.1 Å². The van der Waals surface area contributed by atoms with Crippen LogP contribution in [0.1, 0.15) is 50.4 Å². The molecule has 2 heterocycles. The fourth-order valence-corrected chi connectivity index (χ4v) is 3.58. The first-order chi connectivity index (χ1) is 8.86. The van der Waals surface area contributed by atoms with Crippen LogP contribution in [0.4, 0.5) is 0 Å². The molecule has 2 rings (SSSR count). The summed E-state index contributed by atoms with van der Waals surface area (Å²) in [5, 5.41) is 1.25. The highest BCUT2D eigenvalue weighted by atomic mass is 35.5. The zero-order chi connectivity index (χ0) is 14.0. The molecule has 1 atom stereocenters. The Morgan fingerprint density at radius 3 is 2.45 bits per heavy atom. The molecule has 1 aliphatic heterocycles. The van der Waals surface area contributed by atoms with E-state index >= 15 is 0 Å². The van der Waals surface area contributed by atoms with Crippen LogP contribution in [0.5, 0.6) is 0 Å². The van der Waals surface area contributed by atoms with Gasteiger partial charge in [0.25, 0.3) is 0 Å². The van der Waals surface area contributed by atoms with Crippen LogP contribution in [0.3, 0.4) is 0 Å². The molecule has 116 valence electrons. The summed E-state index contributed by atoms with van der Waals surface area (Å²) < 4.78 is 0. The van der Waals surface area contributed by atoms with Gasteiger partial charge in [-0.25, -0.2) is 4.98 Å². The van der Waals surface area contributed by atoms with Crippen LogP contribution >= 0.6 is 23.7 Å². The maximum absolute atomic E-state index is 5.99. The van der Waals surface area contributed by atoms with Gasteiger partial charge in [-0.05, 0) is 44.2 Å². The minimum Gasteiger partial charge on any atom is -0.328 e. The van der Waals surface area contributed by atoms with E-state index in [1.165, 1.54) is 22.7 Å². The van der Waals surface area contributed by atoms with Gasteiger partial charge in [-0.15, -0.1) is 23.7 Å². The van der Waals surface area contributed by atoms with Crippen LogP contribution in [-0.2, 0) is 12.0 Å². The average Bonchev–Trinajstić information content (AvgIpc) is 2.78. The number of nitrogens with zero attached hydrogens (tertiary/aromatic N) is 2. The first-order valence-corrected chi connectivity index (χ1v) is 8.11. The van der Waals surface area contributed by atoms with Gasteiger partial charge in [0, 0.05) is 17.1 Å². The molecular weight excluding hydrogens is 290 g/mol. The SMILES string of the molecule is CC(N)C1CCN(Cc2ncc(C(C)(C)C)s2)CC1.Cl. The first-order valence-electron chi connectivity index (χ1n) is 7.29. The van der Waals surface area contributed by atoms with Crippen molar-refractivity contribution in [1.29, 1.82) is 0 Å². The molecular formula is C15H28ClN3S. The Labute approximate surface area is 133 Å². The lowest BCUT2D eigenvalue weighted by molar-refractivity contribution is 0.165. The van der Waals surface area contributed by atoms with Crippen molar-refractivity contribution < 1.29 is 0 Å². The fourth-order valence-electron chi connectivity index (χ4n) is 2.56. The van der Waals surface area contributed by atoms with Gasteiger partial charge in [0.1, 0.15) is 5.01 Å². The number of rotatable bonds is 3. The number of thiazole rings is 1. The average molecular weight is 318 g/mol. The second-order valence-corrected chi connectivity index (χ2v) is 7.96. The Balaban J connectivity index is 0.00000200. The molecule has 0 aromatic carbocycles. The predicted octanol–water partition coefficient (Wildman–Crippen LogP) is 3.42. The van der Waals surface area contributed by atoms with Crippen molar-refractivity contribution in [3.8, 4) is 0 Å². The van der Waals surface area contributed by atoms with Crippen molar-refractivity contribution >= 4 is 23.7 Å². The Hall–Kier alpha value is -0.160. The lowest BCUT2D eigenvalue weighted by atomic mass is 9.91. The summed E-state index contributed by atoms with van der Waals surface area (Å²) in [6.07, 6.45) is 4.51. The van der Waals surface area contributed by atoms with Crippen LogP contribution in [0, 0.1) is 5.92 Å². The third kappa shape index (κ3) is 4.69.